The number of nitrogens with zero attached hydrogens (tertiary/aromatic N) is 1. The molecule has 16 heavy (non-hydrogen) atoms. The van der Waals surface area contributed by atoms with Crippen molar-refractivity contribution in [2.75, 3.05) is 6.54 Å². The maximum absolute atomic E-state index is 2.79. The molecule has 2 fully saturated rings. The topological polar surface area (TPSA) is 3.24 Å². The minimum Gasteiger partial charge on any atom is -0.297 e. The van der Waals surface area contributed by atoms with Gasteiger partial charge in [-0.15, -0.1) is 0 Å². The second-order valence-corrected chi connectivity index (χ2v) is 6.56. The molecule has 0 N–H and O–H groups in total. The summed E-state index contributed by atoms with van der Waals surface area (Å²) in [6.45, 7) is 11.0. The zero-order chi connectivity index (χ0) is 11.7. The van der Waals surface area contributed by atoms with Crippen LogP contribution in [0, 0.1) is 17.8 Å². The molecule has 3 atom stereocenters. The normalized spacial score (nSPS) is 36.8. The van der Waals surface area contributed by atoms with Crippen molar-refractivity contribution in [3.63, 3.8) is 0 Å². The van der Waals surface area contributed by atoms with Crippen molar-refractivity contribution in [1.82, 2.24) is 4.90 Å². The van der Waals surface area contributed by atoms with Crippen LogP contribution >= 0.6 is 0 Å². The van der Waals surface area contributed by atoms with E-state index >= 15 is 0 Å². The van der Waals surface area contributed by atoms with E-state index in [1.807, 2.05) is 0 Å². The molecule has 3 unspecified atom stereocenters. The Bertz CT molecular complexity index is 221. The van der Waals surface area contributed by atoms with E-state index in [0.29, 0.717) is 0 Å². The van der Waals surface area contributed by atoms with E-state index in [9.17, 15) is 0 Å². The molecule has 0 spiro atoms. The molecule has 1 saturated carbocycles. The van der Waals surface area contributed by atoms with Crippen molar-refractivity contribution in [1.29, 1.82) is 0 Å². The van der Waals surface area contributed by atoms with Crippen LogP contribution < -0.4 is 0 Å². The van der Waals surface area contributed by atoms with Crippen LogP contribution in [-0.4, -0.2) is 23.5 Å². The second kappa shape index (κ2) is 5.08. The van der Waals surface area contributed by atoms with Gasteiger partial charge in [0, 0.05) is 12.1 Å². The molecule has 0 radical (unpaired) electrons. The van der Waals surface area contributed by atoms with Gasteiger partial charge in [-0.25, -0.2) is 0 Å². The monoisotopic (exact) mass is 223 g/mol. The number of hydrogen-bond acceptors (Lipinski definition) is 1. The summed E-state index contributed by atoms with van der Waals surface area (Å²) in [6.07, 6.45) is 7.45. The molecular formula is C15H29N. The lowest BCUT2D eigenvalue weighted by Crippen LogP contribution is -2.54. The molecule has 2 rings (SSSR count). The van der Waals surface area contributed by atoms with E-state index in [-0.39, 0.29) is 0 Å². The lowest BCUT2D eigenvalue weighted by molar-refractivity contribution is -0.0177. The average Bonchev–Trinajstić information content (AvgIpc) is 2.27. The van der Waals surface area contributed by atoms with E-state index in [4.69, 9.17) is 0 Å². The maximum Gasteiger partial charge on any atom is 0.0152 e. The number of piperidine rings is 1. The van der Waals surface area contributed by atoms with Gasteiger partial charge in [0.2, 0.25) is 0 Å². The largest absolute Gasteiger partial charge is 0.297 e. The van der Waals surface area contributed by atoms with Crippen LogP contribution in [0.3, 0.4) is 0 Å². The molecule has 2 aliphatic rings. The number of likely N-dealkylation sites (tertiary alicyclic amines) is 1. The average molecular weight is 223 g/mol. The molecule has 0 amide bonds. The number of fused-ring (bicyclic) bond motifs is 1. The third-order valence-corrected chi connectivity index (χ3v) is 4.89. The second-order valence-electron chi connectivity index (χ2n) is 6.56. The van der Waals surface area contributed by atoms with Gasteiger partial charge in [-0.05, 0) is 51.0 Å². The van der Waals surface area contributed by atoms with Gasteiger partial charge in [-0.2, -0.15) is 0 Å². The highest BCUT2D eigenvalue weighted by Crippen LogP contribution is 2.42. The summed E-state index contributed by atoms with van der Waals surface area (Å²) in [5, 5.41) is 0. The summed E-state index contributed by atoms with van der Waals surface area (Å²) < 4.78 is 0. The third kappa shape index (κ3) is 2.30. The smallest absolute Gasteiger partial charge is 0.0152 e. The van der Waals surface area contributed by atoms with Gasteiger partial charge in [-0.3, -0.25) is 4.90 Å². The highest BCUT2D eigenvalue weighted by atomic mass is 15.2. The van der Waals surface area contributed by atoms with Gasteiger partial charge in [0.05, 0.1) is 0 Å². The first kappa shape index (κ1) is 12.4. The molecule has 1 saturated heterocycles. The quantitative estimate of drug-likeness (QED) is 0.685. The van der Waals surface area contributed by atoms with Crippen molar-refractivity contribution in [2.24, 2.45) is 17.8 Å². The van der Waals surface area contributed by atoms with E-state index < -0.39 is 0 Å². The molecule has 0 aromatic carbocycles. The van der Waals surface area contributed by atoms with Crippen LogP contribution in [0.2, 0.25) is 0 Å². The van der Waals surface area contributed by atoms with Crippen LogP contribution in [0.15, 0.2) is 0 Å². The highest BCUT2D eigenvalue weighted by molar-refractivity contribution is 4.93. The maximum atomic E-state index is 2.79. The fourth-order valence-electron chi connectivity index (χ4n) is 4.23. The Balaban J connectivity index is 2.14. The van der Waals surface area contributed by atoms with Crippen LogP contribution in [0.1, 0.15) is 59.8 Å². The molecule has 0 aromatic rings. The van der Waals surface area contributed by atoms with Gasteiger partial charge < -0.3 is 0 Å². The van der Waals surface area contributed by atoms with Gasteiger partial charge in [-0.1, -0.05) is 33.1 Å². The first-order valence-corrected chi connectivity index (χ1v) is 7.37. The molecule has 1 nitrogen and oxygen atoms in total. The standard InChI is InChI=1S/C15H29N/c1-11(2)15-14-8-6-5-7-13(14)9-10-16(15)12(3)4/h11-15H,5-10H2,1-4H3. The minimum absolute atomic E-state index is 0.732. The molecule has 0 aromatic heterocycles. The van der Waals surface area contributed by atoms with E-state index in [0.717, 1.165) is 29.8 Å². The van der Waals surface area contributed by atoms with Gasteiger partial charge in [0.25, 0.3) is 0 Å². The lowest BCUT2D eigenvalue weighted by atomic mass is 9.68. The Morgan fingerprint density at radius 1 is 0.938 bits per heavy atom. The molecule has 94 valence electrons. The summed E-state index contributed by atoms with van der Waals surface area (Å²) in [5.74, 6) is 2.88. The predicted molar refractivity (Wildman–Crippen MR) is 70.5 cm³/mol. The minimum atomic E-state index is 0.732. The molecule has 1 aliphatic heterocycles. The summed E-state index contributed by atoms with van der Waals surface area (Å²) >= 11 is 0. The SMILES string of the molecule is CC(C)C1C2CCCCC2CCN1C(C)C. The number of rotatable bonds is 2. The highest BCUT2D eigenvalue weighted by Gasteiger charge is 2.40. The Morgan fingerprint density at radius 2 is 1.62 bits per heavy atom. The van der Waals surface area contributed by atoms with E-state index in [1.54, 1.807) is 0 Å². The van der Waals surface area contributed by atoms with Gasteiger partial charge in [0.15, 0.2) is 0 Å². The van der Waals surface area contributed by atoms with Crippen molar-refractivity contribution >= 4 is 0 Å². The summed E-state index contributed by atoms with van der Waals surface area (Å²) in [5.41, 5.74) is 0. The molecule has 1 aliphatic carbocycles. The Labute approximate surface area is 102 Å². The third-order valence-electron chi connectivity index (χ3n) is 4.89. The molecule has 0 bridgehead atoms. The van der Waals surface area contributed by atoms with Crippen molar-refractivity contribution in [2.45, 2.75) is 71.9 Å². The van der Waals surface area contributed by atoms with Crippen LogP contribution in [0.4, 0.5) is 0 Å². The van der Waals surface area contributed by atoms with Crippen LogP contribution in [0.25, 0.3) is 0 Å². The Hall–Kier alpha value is -0.0400. The molecular weight excluding hydrogens is 194 g/mol. The van der Waals surface area contributed by atoms with E-state index in [2.05, 4.69) is 32.6 Å². The van der Waals surface area contributed by atoms with Gasteiger partial charge >= 0.3 is 0 Å². The predicted octanol–water partition coefficient (Wildman–Crippen LogP) is 3.93. The summed E-state index contributed by atoms with van der Waals surface area (Å²) in [6, 6.07) is 1.59. The first-order valence-electron chi connectivity index (χ1n) is 7.37. The Kier molecular flexibility index (Phi) is 3.94. The van der Waals surface area contributed by atoms with E-state index in [1.165, 1.54) is 38.6 Å². The zero-order valence-corrected chi connectivity index (χ0v) is 11.6. The fraction of sp³-hybridized carbons (Fsp3) is 1.00. The van der Waals surface area contributed by atoms with Gasteiger partial charge in [0.1, 0.15) is 0 Å². The van der Waals surface area contributed by atoms with Crippen molar-refractivity contribution in [3.05, 3.63) is 0 Å². The zero-order valence-electron chi connectivity index (χ0n) is 11.6. The van der Waals surface area contributed by atoms with Crippen molar-refractivity contribution < 1.29 is 0 Å². The van der Waals surface area contributed by atoms with Crippen LogP contribution in [0.5, 0.6) is 0 Å². The van der Waals surface area contributed by atoms with Crippen LogP contribution in [-0.2, 0) is 0 Å². The lowest BCUT2D eigenvalue weighted by Gasteiger charge is -2.51. The number of hydrogen-bond donors (Lipinski definition) is 0. The molecule has 1 heterocycles. The Morgan fingerprint density at radius 3 is 2.25 bits per heavy atom. The summed E-state index contributed by atoms with van der Waals surface area (Å²) in [4.78, 5) is 2.79. The fourth-order valence-corrected chi connectivity index (χ4v) is 4.23. The first-order chi connectivity index (χ1) is 7.61. The molecule has 1 heteroatoms. The van der Waals surface area contributed by atoms with Crippen molar-refractivity contribution in [3.8, 4) is 0 Å². The summed E-state index contributed by atoms with van der Waals surface area (Å²) in [7, 11) is 0.